The molecule has 15 heavy (non-hydrogen) atoms. The van der Waals surface area contributed by atoms with Crippen molar-refractivity contribution in [1.29, 1.82) is 0 Å². The van der Waals surface area contributed by atoms with Crippen LogP contribution >= 0.6 is 0 Å². The molecule has 2 aromatic heterocycles. The molecule has 1 unspecified atom stereocenters. The van der Waals surface area contributed by atoms with Crippen molar-refractivity contribution >= 4 is 0 Å². The van der Waals surface area contributed by atoms with Crippen molar-refractivity contribution in [2.24, 2.45) is 0 Å². The lowest BCUT2D eigenvalue weighted by Gasteiger charge is -2.12. The van der Waals surface area contributed by atoms with Gasteiger partial charge in [-0.25, -0.2) is 9.97 Å². The molecule has 0 radical (unpaired) electrons. The second kappa shape index (κ2) is 4.75. The van der Waals surface area contributed by atoms with Crippen LogP contribution in [-0.4, -0.2) is 15.0 Å². The Morgan fingerprint density at radius 1 is 1.60 bits per heavy atom. The van der Waals surface area contributed by atoms with Gasteiger partial charge in [-0.2, -0.15) is 0 Å². The lowest BCUT2D eigenvalue weighted by atomic mass is 10.2. The highest BCUT2D eigenvalue weighted by molar-refractivity contribution is 4.96. The Kier molecular flexibility index (Phi) is 3.14. The summed E-state index contributed by atoms with van der Waals surface area (Å²) in [7, 11) is 0. The first-order valence-corrected chi connectivity index (χ1v) is 5.00. The molecule has 2 N–H and O–H groups in total. The topological polar surface area (TPSA) is 66.7 Å². The first-order chi connectivity index (χ1) is 7.40. The Morgan fingerprint density at radius 2 is 2.53 bits per heavy atom. The second-order valence-corrected chi connectivity index (χ2v) is 3.28. The van der Waals surface area contributed by atoms with Gasteiger partial charge >= 0.3 is 0 Å². The molecule has 0 aliphatic rings. The molecule has 0 saturated carbocycles. The maximum absolute atomic E-state index is 5.14. The fourth-order valence-electron chi connectivity index (χ4n) is 1.46. The number of aromatic nitrogens is 3. The molecule has 0 aliphatic heterocycles. The van der Waals surface area contributed by atoms with E-state index in [4.69, 9.17) is 4.42 Å². The minimum atomic E-state index is 0.227. The summed E-state index contributed by atoms with van der Waals surface area (Å²) in [6, 6.07) is 0.227. The summed E-state index contributed by atoms with van der Waals surface area (Å²) in [5.74, 6) is 1.79. The largest absolute Gasteiger partial charge is 0.447 e. The van der Waals surface area contributed by atoms with Crippen molar-refractivity contribution in [3.63, 3.8) is 0 Å². The number of aromatic amines is 1. The molecule has 0 bridgehead atoms. The van der Waals surface area contributed by atoms with Crippen LogP contribution in [-0.2, 0) is 6.54 Å². The van der Waals surface area contributed by atoms with Crippen molar-refractivity contribution in [2.75, 3.05) is 0 Å². The van der Waals surface area contributed by atoms with E-state index < -0.39 is 0 Å². The molecule has 0 aromatic carbocycles. The van der Waals surface area contributed by atoms with Crippen LogP contribution in [0, 0.1) is 0 Å². The second-order valence-electron chi connectivity index (χ2n) is 3.28. The lowest BCUT2D eigenvalue weighted by molar-refractivity contribution is 0.433. The third-order valence-electron chi connectivity index (χ3n) is 2.26. The molecule has 0 amide bonds. The monoisotopic (exact) mass is 206 g/mol. The standard InChI is InChI=1S/C10H14N4O/c1-2-9(10-12-3-4-13-10)14-6-8-5-11-7-15-8/h3-5,7,9,14H,2,6H2,1H3,(H,12,13). The SMILES string of the molecule is CCC(NCc1cnco1)c1ncc[nH]1. The molecule has 0 saturated heterocycles. The zero-order chi connectivity index (χ0) is 10.5. The summed E-state index contributed by atoms with van der Waals surface area (Å²) in [6.07, 6.45) is 7.70. The van der Waals surface area contributed by atoms with E-state index in [0.717, 1.165) is 18.0 Å². The Balaban J connectivity index is 1.92. The van der Waals surface area contributed by atoms with Crippen LogP contribution in [0.2, 0.25) is 0 Å². The van der Waals surface area contributed by atoms with E-state index in [0.29, 0.717) is 6.54 Å². The fourth-order valence-corrected chi connectivity index (χ4v) is 1.46. The predicted octanol–water partition coefficient (Wildman–Crippen LogP) is 1.64. The first kappa shape index (κ1) is 9.92. The molecule has 0 spiro atoms. The van der Waals surface area contributed by atoms with Gasteiger partial charge in [-0.05, 0) is 6.42 Å². The van der Waals surface area contributed by atoms with Gasteiger partial charge in [0, 0.05) is 12.4 Å². The maximum Gasteiger partial charge on any atom is 0.180 e. The number of nitrogens with zero attached hydrogens (tertiary/aromatic N) is 2. The van der Waals surface area contributed by atoms with Crippen molar-refractivity contribution in [2.45, 2.75) is 25.9 Å². The highest BCUT2D eigenvalue weighted by atomic mass is 16.3. The van der Waals surface area contributed by atoms with Crippen LogP contribution in [0.5, 0.6) is 0 Å². The van der Waals surface area contributed by atoms with Crippen molar-refractivity contribution in [3.05, 3.63) is 36.6 Å². The lowest BCUT2D eigenvalue weighted by Crippen LogP contribution is -2.21. The first-order valence-electron chi connectivity index (χ1n) is 5.00. The molecule has 1 atom stereocenters. The third-order valence-corrected chi connectivity index (χ3v) is 2.26. The molecule has 0 fully saturated rings. The third kappa shape index (κ3) is 2.44. The minimum Gasteiger partial charge on any atom is -0.447 e. The summed E-state index contributed by atoms with van der Waals surface area (Å²) >= 11 is 0. The molecular formula is C10H14N4O. The van der Waals surface area contributed by atoms with Crippen LogP contribution in [0.15, 0.2) is 29.4 Å². The van der Waals surface area contributed by atoms with Crippen molar-refractivity contribution in [3.8, 4) is 0 Å². The zero-order valence-corrected chi connectivity index (χ0v) is 8.60. The molecule has 80 valence electrons. The maximum atomic E-state index is 5.14. The number of rotatable bonds is 5. The Morgan fingerprint density at radius 3 is 3.13 bits per heavy atom. The fraction of sp³-hybridized carbons (Fsp3) is 0.400. The number of oxazole rings is 1. The molecule has 2 aromatic rings. The van der Waals surface area contributed by atoms with Gasteiger partial charge in [0.1, 0.15) is 11.6 Å². The number of hydrogen-bond acceptors (Lipinski definition) is 4. The van der Waals surface area contributed by atoms with E-state index >= 15 is 0 Å². The number of H-pyrrole nitrogens is 1. The van der Waals surface area contributed by atoms with Crippen LogP contribution in [0.3, 0.4) is 0 Å². The smallest absolute Gasteiger partial charge is 0.180 e. The van der Waals surface area contributed by atoms with E-state index in [9.17, 15) is 0 Å². The van der Waals surface area contributed by atoms with Gasteiger partial charge in [-0.1, -0.05) is 6.92 Å². The van der Waals surface area contributed by atoms with E-state index in [-0.39, 0.29) is 6.04 Å². The van der Waals surface area contributed by atoms with Gasteiger partial charge in [0.15, 0.2) is 6.39 Å². The van der Waals surface area contributed by atoms with Crippen LogP contribution in [0.1, 0.15) is 31.0 Å². The van der Waals surface area contributed by atoms with Gasteiger partial charge in [0.25, 0.3) is 0 Å². The molecule has 5 nitrogen and oxygen atoms in total. The number of imidazole rings is 1. The predicted molar refractivity (Wildman–Crippen MR) is 55.0 cm³/mol. The molecule has 5 heteroatoms. The van der Waals surface area contributed by atoms with Crippen LogP contribution in [0.25, 0.3) is 0 Å². The molecule has 0 aliphatic carbocycles. The summed E-state index contributed by atoms with van der Waals surface area (Å²) in [4.78, 5) is 11.2. The number of hydrogen-bond donors (Lipinski definition) is 2. The summed E-state index contributed by atoms with van der Waals surface area (Å²) in [5, 5.41) is 3.35. The Hall–Kier alpha value is -1.62. The Labute approximate surface area is 87.9 Å². The minimum absolute atomic E-state index is 0.227. The molecular weight excluding hydrogens is 192 g/mol. The number of nitrogens with one attached hydrogen (secondary N) is 2. The summed E-state index contributed by atoms with van der Waals surface area (Å²) in [5.41, 5.74) is 0. The van der Waals surface area contributed by atoms with E-state index in [2.05, 4.69) is 27.2 Å². The van der Waals surface area contributed by atoms with Gasteiger partial charge in [-0.15, -0.1) is 0 Å². The van der Waals surface area contributed by atoms with Crippen molar-refractivity contribution in [1.82, 2.24) is 20.3 Å². The zero-order valence-electron chi connectivity index (χ0n) is 8.60. The van der Waals surface area contributed by atoms with Gasteiger partial charge in [-0.3, -0.25) is 0 Å². The van der Waals surface area contributed by atoms with Crippen molar-refractivity contribution < 1.29 is 4.42 Å². The molecule has 2 rings (SSSR count). The van der Waals surface area contributed by atoms with Gasteiger partial charge in [0.2, 0.25) is 0 Å². The van der Waals surface area contributed by atoms with Crippen LogP contribution < -0.4 is 5.32 Å². The van der Waals surface area contributed by atoms with Crippen LogP contribution in [0.4, 0.5) is 0 Å². The van der Waals surface area contributed by atoms with E-state index in [1.807, 2.05) is 6.20 Å². The normalized spacial score (nSPS) is 12.9. The highest BCUT2D eigenvalue weighted by Gasteiger charge is 2.11. The average molecular weight is 206 g/mol. The summed E-state index contributed by atoms with van der Waals surface area (Å²) in [6.45, 7) is 2.78. The molecule has 2 heterocycles. The quantitative estimate of drug-likeness (QED) is 0.780. The van der Waals surface area contributed by atoms with E-state index in [1.165, 1.54) is 6.39 Å². The highest BCUT2D eigenvalue weighted by Crippen LogP contribution is 2.12. The average Bonchev–Trinajstić information content (AvgIpc) is 2.90. The Bertz CT molecular complexity index is 368. The van der Waals surface area contributed by atoms with Gasteiger partial charge in [0.05, 0.1) is 18.8 Å². The van der Waals surface area contributed by atoms with Gasteiger partial charge < -0.3 is 14.7 Å². The van der Waals surface area contributed by atoms with E-state index in [1.54, 1.807) is 12.4 Å². The summed E-state index contributed by atoms with van der Waals surface area (Å²) < 4.78 is 5.14.